The lowest BCUT2D eigenvalue weighted by Gasteiger charge is -2.12. The molecule has 0 aliphatic rings. The van der Waals surface area contributed by atoms with Crippen LogP contribution in [0.5, 0.6) is 5.75 Å². The molecule has 120 valence electrons. The molecule has 0 heterocycles. The van der Waals surface area contributed by atoms with Crippen molar-refractivity contribution in [1.29, 1.82) is 0 Å². The number of hydrogen-bond donors (Lipinski definition) is 2. The summed E-state index contributed by atoms with van der Waals surface area (Å²) >= 11 is 5.88. The van der Waals surface area contributed by atoms with E-state index in [0.717, 1.165) is 24.2 Å². The van der Waals surface area contributed by atoms with Gasteiger partial charge in [0.25, 0.3) is 0 Å². The number of nitrogens with one attached hydrogen (secondary N) is 1. The van der Waals surface area contributed by atoms with Crippen molar-refractivity contribution < 1.29 is 9.53 Å². The molecule has 1 unspecified atom stereocenters. The van der Waals surface area contributed by atoms with Gasteiger partial charge in [0.2, 0.25) is 5.91 Å². The Labute approximate surface area is 137 Å². The Kier molecular flexibility index (Phi) is 10.2. The molecule has 1 aromatic carbocycles. The lowest BCUT2D eigenvalue weighted by molar-refractivity contribution is -0.122. The molecule has 3 N–H and O–H groups in total. The van der Waals surface area contributed by atoms with Gasteiger partial charge in [-0.1, -0.05) is 24.9 Å². The summed E-state index contributed by atoms with van der Waals surface area (Å²) in [7, 11) is 0. The molecule has 0 saturated carbocycles. The van der Waals surface area contributed by atoms with Crippen molar-refractivity contribution in [3.05, 3.63) is 28.8 Å². The van der Waals surface area contributed by atoms with Gasteiger partial charge in [0.15, 0.2) is 0 Å². The molecule has 6 heteroatoms. The molecule has 1 aromatic rings. The average Bonchev–Trinajstić information content (AvgIpc) is 2.40. The predicted octanol–water partition coefficient (Wildman–Crippen LogP) is 3.08. The number of ether oxygens (including phenoxy) is 1. The zero-order chi connectivity index (χ0) is 15.0. The third-order valence-electron chi connectivity index (χ3n) is 2.95. The van der Waals surface area contributed by atoms with E-state index in [0.29, 0.717) is 24.6 Å². The SMILES string of the molecule is CCCC(N)C(=O)NCCCOc1ccc(Cl)cc1C.Cl. The monoisotopic (exact) mass is 334 g/mol. The van der Waals surface area contributed by atoms with Gasteiger partial charge in [0, 0.05) is 11.6 Å². The Hall–Kier alpha value is -0.970. The number of aryl methyl sites for hydroxylation is 1. The van der Waals surface area contributed by atoms with Crippen LogP contribution in [0.25, 0.3) is 0 Å². The highest BCUT2D eigenvalue weighted by Gasteiger charge is 2.10. The highest BCUT2D eigenvalue weighted by molar-refractivity contribution is 6.30. The maximum Gasteiger partial charge on any atom is 0.236 e. The van der Waals surface area contributed by atoms with Crippen LogP contribution in [0.3, 0.4) is 0 Å². The molecular formula is C15H24Cl2N2O2. The van der Waals surface area contributed by atoms with Crippen molar-refractivity contribution in [3.8, 4) is 5.75 Å². The number of hydrogen-bond acceptors (Lipinski definition) is 3. The highest BCUT2D eigenvalue weighted by Crippen LogP contribution is 2.21. The summed E-state index contributed by atoms with van der Waals surface area (Å²) in [5, 5.41) is 3.51. The molecule has 4 nitrogen and oxygen atoms in total. The molecule has 0 spiro atoms. The number of nitrogens with two attached hydrogens (primary N) is 1. The van der Waals surface area contributed by atoms with Gasteiger partial charge in [0.1, 0.15) is 5.75 Å². The van der Waals surface area contributed by atoms with Gasteiger partial charge in [0.05, 0.1) is 12.6 Å². The molecule has 0 aliphatic carbocycles. The molecule has 1 rings (SSSR count). The minimum atomic E-state index is -0.403. The number of halogens is 2. The smallest absolute Gasteiger partial charge is 0.236 e. The maximum absolute atomic E-state index is 11.6. The van der Waals surface area contributed by atoms with Crippen molar-refractivity contribution in [2.24, 2.45) is 5.73 Å². The topological polar surface area (TPSA) is 64.4 Å². The largest absolute Gasteiger partial charge is 0.493 e. The third kappa shape index (κ3) is 7.55. The molecule has 0 fully saturated rings. The Morgan fingerprint density at radius 1 is 1.48 bits per heavy atom. The fraction of sp³-hybridized carbons (Fsp3) is 0.533. The van der Waals surface area contributed by atoms with E-state index >= 15 is 0 Å². The Morgan fingerprint density at radius 2 is 2.19 bits per heavy atom. The van der Waals surface area contributed by atoms with Gasteiger partial charge >= 0.3 is 0 Å². The zero-order valence-corrected chi connectivity index (χ0v) is 14.1. The molecular weight excluding hydrogens is 311 g/mol. The molecule has 0 aromatic heterocycles. The number of benzene rings is 1. The van der Waals surface area contributed by atoms with Crippen molar-refractivity contribution in [2.45, 2.75) is 39.2 Å². The van der Waals surface area contributed by atoms with E-state index < -0.39 is 6.04 Å². The summed E-state index contributed by atoms with van der Waals surface area (Å²) in [6, 6.07) is 5.12. The number of carbonyl (C=O) groups is 1. The minimum Gasteiger partial charge on any atom is -0.493 e. The molecule has 0 bridgehead atoms. The van der Waals surface area contributed by atoms with E-state index in [2.05, 4.69) is 5.32 Å². The average molecular weight is 335 g/mol. The van der Waals surface area contributed by atoms with Crippen LogP contribution in [0, 0.1) is 6.92 Å². The van der Waals surface area contributed by atoms with Crippen LogP contribution in [0.2, 0.25) is 5.02 Å². The van der Waals surface area contributed by atoms with Gasteiger partial charge in [-0.25, -0.2) is 0 Å². The van der Waals surface area contributed by atoms with Gasteiger partial charge in [-0.15, -0.1) is 12.4 Å². The molecule has 21 heavy (non-hydrogen) atoms. The number of rotatable bonds is 8. The lowest BCUT2D eigenvalue weighted by atomic mass is 10.2. The summed E-state index contributed by atoms with van der Waals surface area (Å²) in [4.78, 5) is 11.6. The normalized spacial score (nSPS) is 11.4. The first kappa shape index (κ1) is 20.0. The fourth-order valence-corrected chi connectivity index (χ4v) is 2.04. The van der Waals surface area contributed by atoms with Crippen molar-refractivity contribution in [3.63, 3.8) is 0 Å². The van der Waals surface area contributed by atoms with Crippen molar-refractivity contribution in [1.82, 2.24) is 5.32 Å². The van der Waals surface area contributed by atoms with Crippen LogP contribution in [0.4, 0.5) is 0 Å². The second-order valence-corrected chi connectivity index (χ2v) is 5.23. The maximum atomic E-state index is 11.6. The second kappa shape index (κ2) is 10.7. The van der Waals surface area contributed by atoms with Crippen molar-refractivity contribution in [2.75, 3.05) is 13.2 Å². The minimum absolute atomic E-state index is 0. The van der Waals surface area contributed by atoms with Crippen LogP contribution in [-0.2, 0) is 4.79 Å². The molecule has 1 atom stereocenters. The molecule has 0 radical (unpaired) electrons. The molecule has 0 saturated heterocycles. The van der Waals surface area contributed by atoms with Crippen LogP contribution < -0.4 is 15.8 Å². The van der Waals surface area contributed by atoms with E-state index in [9.17, 15) is 4.79 Å². The summed E-state index contributed by atoms with van der Waals surface area (Å²) in [6.45, 7) is 5.08. The van der Waals surface area contributed by atoms with Gasteiger partial charge in [-0.2, -0.15) is 0 Å². The molecule has 1 amide bonds. The zero-order valence-electron chi connectivity index (χ0n) is 12.5. The van der Waals surface area contributed by atoms with Crippen molar-refractivity contribution >= 4 is 29.9 Å². The molecule has 0 aliphatic heterocycles. The van der Waals surface area contributed by atoms with E-state index in [-0.39, 0.29) is 18.3 Å². The predicted molar refractivity (Wildman–Crippen MR) is 89.4 cm³/mol. The van der Waals surface area contributed by atoms with Crippen LogP contribution in [0.15, 0.2) is 18.2 Å². The van der Waals surface area contributed by atoms with Gasteiger partial charge in [-0.3, -0.25) is 4.79 Å². The highest BCUT2D eigenvalue weighted by atomic mass is 35.5. The fourth-order valence-electron chi connectivity index (χ4n) is 1.81. The summed E-state index contributed by atoms with van der Waals surface area (Å²) < 4.78 is 5.64. The second-order valence-electron chi connectivity index (χ2n) is 4.80. The van der Waals surface area contributed by atoms with E-state index in [1.54, 1.807) is 6.07 Å². The van der Waals surface area contributed by atoms with E-state index in [1.807, 2.05) is 26.0 Å². The van der Waals surface area contributed by atoms with Gasteiger partial charge in [-0.05, 0) is 43.5 Å². The first-order valence-corrected chi connectivity index (χ1v) is 7.34. The van der Waals surface area contributed by atoms with E-state index in [4.69, 9.17) is 22.1 Å². The van der Waals surface area contributed by atoms with E-state index in [1.165, 1.54) is 0 Å². The Bertz CT molecular complexity index is 442. The summed E-state index contributed by atoms with van der Waals surface area (Å²) in [5.74, 6) is 0.734. The number of carbonyl (C=O) groups excluding carboxylic acids is 1. The van der Waals surface area contributed by atoms with Crippen LogP contribution in [0.1, 0.15) is 31.7 Å². The first-order valence-electron chi connectivity index (χ1n) is 6.96. The quantitative estimate of drug-likeness (QED) is 0.718. The van der Waals surface area contributed by atoms with Crippen LogP contribution in [-0.4, -0.2) is 25.1 Å². The number of amides is 1. The van der Waals surface area contributed by atoms with Crippen LogP contribution >= 0.6 is 24.0 Å². The first-order chi connectivity index (χ1) is 9.54. The summed E-state index contributed by atoms with van der Waals surface area (Å²) in [6.07, 6.45) is 2.37. The lowest BCUT2D eigenvalue weighted by Crippen LogP contribution is -2.41. The Balaban J connectivity index is 0.00000400. The Morgan fingerprint density at radius 3 is 2.81 bits per heavy atom. The van der Waals surface area contributed by atoms with Gasteiger partial charge < -0.3 is 15.8 Å². The standard InChI is InChI=1S/C15H23ClN2O2.ClH/c1-3-5-13(17)15(19)18-8-4-9-20-14-7-6-12(16)10-11(14)2;/h6-7,10,13H,3-5,8-9,17H2,1-2H3,(H,18,19);1H. The third-order valence-corrected chi connectivity index (χ3v) is 3.19. The summed E-state index contributed by atoms with van der Waals surface area (Å²) in [5.41, 5.74) is 6.72.